The first kappa shape index (κ1) is 18.3. The predicted molar refractivity (Wildman–Crippen MR) is 101 cm³/mol. The highest BCUT2D eigenvalue weighted by Gasteiger charge is 2.19. The molecule has 0 aliphatic heterocycles. The van der Waals surface area contributed by atoms with Gasteiger partial charge in [-0.15, -0.1) is 11.3 Å². The van der Waals surface area contributed by atoms with Crippen LogP contribution in [0.2, 0.25) is 0 Å². The van der Waals surface area contributed by atoms with Gasteiger partial charge >= 0.3 is 5.97 Å². The molecule has 2 aromatic rings. The van der Waals surface area contributed by atoms with Crippen LogP contribution in [0.5, 0.6) is 5.75 Å². The van der Waals surface area contributed by atoms with E-state index in [-0.39, 0.29) is 11.4 Å². The zero-order chi connectivity index (χ0) is 17.7. The number of thiophene rings is 1. The van der Waals surface area contributed by atoms with Gasteiger partial charge in [0.25, 0.3) is 0 Å². The second-order valence-electron chi connectivity index (χ2n) is 6.49. The number of ether oxygens (including phenoxy) is 2. The third kappa shape index (κ3) is 4.48. The van der Waals surface area contributed by atoms with Gasteiger partial charge in [-0.3, -0.25) is 0 Å². The number of hydrogen-bond donors (Lipinski definition) is 0. The lowest BCUT2D eigenvalue weighted by molar-refractivity contribution is -0.137. The van der Waals surface area contributed by atoms with E-state index in [4.69, 9.17) is 9.47 Å². The summed E-state index contributed by atoms with van der Waals surface area (Å²) in [5.41, 5.74) is 3.46. The quantitative estimate of drug-likeness (QED) is 0.545. The van der Waals surface area contributed by atoms with Crippen LogP contribution in [0.3, 0.4) is 0 Å². The molecule has 0 aliphatic rings. The molecule has 0 aliphatic carbocycles. The summed E-state index contributed by atoms with van der Waals surface area (Å²) in [6.07, 6.45) is 3.26. The van der Waals surface area contributed by atoms with Crippen molar-refractivity contribution in [2.45, 2.75) is 33.1 Å². The van der Waals surface area contributed by atoms with Crippen molar-refractivity contribution in [2.75, 3.05) is 13.7 Å². The van der Waals surface area contributed by atoms with Crippen molar-refractivity contribution in [3.05, 3.63) is 46.2 Å². The smallest absolute Gasteiger partial charge is 0.330 e. The van der Waals surface area contributed by atoms with Crippen LogP contribution in [0, 0.1) is 0 Å². The molecule has 0 N–H and O–H groups in total. The molecule has 0 saturated heterocycles. The molecule has 0 amide bonds. The third-order valence-electron chi connectivity index (χ3n) is 3.63. The molecule has 0 saturated carbocycles. The Morgan fingerprint density at radius 3 is 2.58 bits per heavy atom. The summed E-state index contributed by atoms with van der Waals surface area (Å²) in [6.45, 7) is 8.72. The summed E-state index contributed by atoms with van der Waals surface area (Å²) in [5.74, 6) is 0.593. The topological polar surface area (TPSA) is 35.5 Å². The lowest BCUT2D eigenvalue weighted by Crippen LogP contribution is -2.12. The number of methoxy groups -OCH3 is 1. The number of carbonyl (C=O) groups excluding carboxylic acids is 1. The molecule has 128 valence electrons. The van der Waals surface area contributed by atoms with Gasteiger partial charge < -0.3 is 9.47 Å². The van der Waals surface area contributed by atoms with E-state index in [9.17, 15) is 4.79 Å². The minimum absolute atomic E-state index is 0.00399. The zero-order valence-corrected chi connectivity index (χ0v) is 15.7. The van der Waals surface area contributed by atoms with Crippen molar-refractivity contribution < 1.29 is 14.3 Å². The molecular formula is C20H24O3S. The van der Waals surface area contributed by atoms with Gasteiger partial charge in [0.15, 0.2) is 0 Å². The maximum atomic E-state index is 11.4. The largest absolute Gasteiger partial charge is 0.496 e. The number of hydrogen-bond acceptors (Lipinski definition) is 4. The second-order valence-corrected chi connectivity index (χ2v) is 7.43. The van der Waals surface area contributed by atoms with E-state index in [0.717, 1.165) is 21.8 Å². The first-order valence-electron chi connectivity index (χ1n) is 7.97. The lowest BCUT2D eigenvalue weighted by Gasteiger charge is -2.22. The van der Waals surface area contributed by atoms with Crippen molar-refractivity contribution in [1.29, 1.82) is 0 Å². The minimum atomic E-state index is -0.313. The van der Waals surface area contributed by atoms with Crippen molar-refractivity contribution in [3.63, 3.8) is 0 Å². The normalized spacial score (nSPS) is 11.7. The summed E-state index contributed by atoms with van der Waals surface area (Å²) in [4.78, 5) is 12.4. The first-order chi connectivity index (χ1) is 11.3. The second kappa shape index (κ2) is 7.67. The van der Waals surface area contributed by atoms with Gasteiger partial charge in [-0.05, 0) is 53.1 Å². The fourth-order valence-electron chi connectivity index (χ4n) is 2.41. The monoisotopic (exact) mass is 344 g/mol. The third-order valence-corrected chi connectivity index (χ3v) is 4.53. The molecule has 24 heavy (non-hydrogen) atoms. The Kier molecular flexibility index (Phi) is 5.84. The van der Waals surface area contributed by atoms with Gasteiger partial charge in [-0.2, -0.15) is 0 Å². The highest BCUT2D eigenvalue weighted by atomic mass is 32.1. The first-order valence-corrected chi connectivity index (χ1v) is 8.85. The summed E-state index contributed by atoms with van der Waals surface area (Å²) in [7, 11) is 1.70. The van der Waals surface area contributed by atoms with E-state index < -0.39 is 0 Å². The van der Waals surface area contributed by atoms with Gasteiger partial charge in [-0.1, -0.05) is 26.8 Å². The Labute approximate surface area is 147 Å². The minimum Gasteiger partial charge on any atom is -0.496 e. The average molecular weight is 344 g/mol. The van der Waals surface area contributed by atoms with E-state index in [0.29, 0.717) is 6.61 Å². The molecule has 1 aromatic carbocycles. The molecule has 0 fully saturated rings. The van der Waals surface area contributed by atoms with Gasteiger partial charge in [-0.25, -0.2) is 4.79 Å². The van der Waals surface area contributed by atoms with E-state index >= 15 is 0 Å². The zero-order valence-electron chi connectivity index (χ0n) is 14.9. The van der Waals surface area contributed by atoms with Crippen LogP contribution in [-0.2, 0) is 14.9 Å². The van der Waals surface area contributed by atoms with Gasteiger partial charge in [0, 0.05) is 16.5 Å². The molecular weight excluding hydrogens is 320 g/mol. The van der Waals surface area contributed by atoms with Gasteiger partial charge in [0.2, 0.25) is 0 Å². The average Bonchev–Trinajstić information content (AvgIpc) is 3.01. The summed E-state index contributed by atoms with van der Waals surface area (Å²) >= 11 is 1.60. The van der Waals surface area contributed by atoms with Crippen LogP contribution in [0.15, 0.2) is 35.7 Å². The van der Waals surface area contributed by atoms with E-state index in [1.165, 1.54) is 11.6 Å². The lowest BCUT2D eigenvalue weighted by atomic mass is 9.85. The summed E-state index contributed by atoms with van der Waals surface area (Å²) in [6, 6.07) is 8.34. The SMILES string of the molecule is CCOC(=O)C=Cc1cc(-c2ccc(OC)c(C(C)(C)C)c2)cs1. The Morgan fingerprint density at radius 2 is 1.96 bits per heavy atom. The standard InChI is InChI=1S/C20H24O3S/c1-6-23-19(21)10-8-16-11-15(13-24-16)14-7-9-18(22-5)17(12-14)20(2,3)4/h7-13H,6H2,1-5H3. The molecule has 3 nitrogen and oxygen atoms in total. The highest BCUT2D eigenvalue weighted by molar-refractivity contribution is 7.11. The molecule has 0 radical (unpaired) electrons. The number of carbonyl (C=O) groups is 1. The molecule has 1 aromatic heterocycles. The van der Waals surface area contributed by atoms with Crippen LogP contribution in [0.4, 0.5) is 0 Å². The fraction of sp³-hybridized carbons (Fsp3) is 0.350. The van der Waals surface area contributed by atoms with Gasteiger partial charge in [0.05, 0.1) is 13.7 Å². The number of esters is 1. The summed E-state index contributed by atoms with van der Waals surface area (Å²) in [5, 5.41) is 2.10. The van der Waals surface area contributed by atoms with Crippen LogP contribution in [-0.4, -0.2) is 19.7 Å². The highest BCUT2D eigenvalue weighted by Crippen LogP contribution is 2.36. The maximum absolute atomic E-state index is 11.4. The summed E-state index contributed by atoms with van der Waals surface area (Å²) < 4.78 is 10.4. The van der Waals surface area contributed by atoms with Crippen molar-refractivity contribution in [1.82, 2.24) is 0 Å². The van der Waals surface area contributed by atoms with E-state index in [2.05, 4.69) is 44.4 Å². The Bertz CT molecular complexity index is 736. The maximum Gasteiger partial charge on any atom is 0.330 e. The van der Waals surface area contributed by atoms with Crippen LogP contribution >= 0.6 is 11.3 Å². The molecule has 1 heterocycles. The molecule has 2 rings (SSSR count). The van der Waals surface area contributed by atoms with Crippen molar-refractivity contribution >= 4 is 23.4 Å². The van der Waals surface area contributed by atoms with Crippen molar-refractivity contribution in [2.24, 2.45) is 0 Å². The Balaban J connectivity index is 2.29. The van der Waals surface area contributed by atoms with Crippen LogP contribution in [0.25, 0.3) is 17.2 Å². The fourth-order valence-corrected chi connectivity index (χ4v) is 3.21. The molecule has 0 spiro atoms. The van der Waals surface area contributed by atoms with E-state index in [1.54, 1.807) is 31.4 Å². The Morgan fingerprint density at radius 1 is 1.21 bits per heavy atom. The van der Waals surface area contributed by atoms with E-state index in [1.807, 2.05) is 6.07 Å². The van der Waals surface area contributed by atoms with Crippen molar-refractivity contribution in [3.8, 4) is 16.9 Å². The number of benzene rings is 1. The molecule has 0 unspecified atom stereocenters. The van der Waals surface area contributed by atoms with Crippen LogP contribution in [0.1, 0.15) is 38.1 Å². The molecule has 0 bridgehead atoms. The number of rotatable bonds is 5. The predicted octanol–water partition coefficient (Wildman–Crippen LogP) is 5.30. The Hall–Kier alpha value is -2.07. The molecule has 4 heteroatoms. The van der Waals surface area contributed by atoms with Gasteiger partial charge in [0.1, 0.15) is 5.75 Å². The van der Waals surface area contributed by atoms with Crippen LogP contribution < -0.4 is 4.74 Å². The molecule has 0 atom stereocenters.